The molecule has 25 heavy (non-hydrogen) atoms. The molecule has 0 radical (unpaired) electrons. The largest absolute Gasteiger partial charge is 0.283 e. The molecular formula is C20H17NO2S2. The van der Waals surface area contributed by atoms with Gasteiger partial charge in [-0.15, -0.1) is 0 Å². The fraction of sp³-hybridized carbons (Fsp3) is 0.0500. The molecule has 3 aromatic rings. The average Bonchev–Trinajstić information content (AvgIpc) is 2.63. The maximum absolute atomic E-state index is 12.7. The number of aryl methyl sites for hydroxylation is 1. The van der Waals surface area contributed by atoms with Crippen molar-refractivity contribution >= 4 is 26.8 Å². The molecule has 0 amide bonds. The van der Waals surface area contributed by atoms with Gasteiger partial charge in [0, 0.05) is 10.5 Å². The minimum atomic E-state index is -3.78. The quantitative estimate of drug-likeness (QED) is 0.373. The topological polar surface area (TPSA) is 46.5 Å². The standard InChI is InChI=1S/C20H17NO2S2/c1-16-12-14-19(15-13-16)25(22,23)21-20(17-8-4-2-5-9-17)24-18-10-6-3-7-11-18/h2-15H,1H3. The number of thioether (sulfide) groups is 1. The first-order chi connectivity index (χ1) is 12.0. The monoisotopic (exact) mass is 367 g/mol. The second kappa shape index (κ2) is 7.68. The number of nitrogens with zero attached hydrogens (tertiary/aromatic N) is 1. The molecule has 126 valence electrons. The van der Waals surface area contributed by atoms with Gasteiger partial charge in [-0.2, -0.15) is 12.8 Å². The van der Waals surface area contributed by atoms with E-state index in [9.17, 15) is 8.42 Å². The minimum absolute atomic E-state index is 0.195. The number of benzene rings is 3. The molecule has 0 aliphatic heterocycles. The number of sulfonamides is 1. The number of rotatable bonds is 4. The van der Waals surface area contributed by atoms with Crippen molar-refractivity contribution in [2.24, 2.45) is 4.40 Å². The minimum Gasteiger partial charge on any atom is -0.199 e. The molecular weight excluding hydrogens is 350 g/mol. The Kier molecular flexibility index (Phi) is 5.36. The predicted molar refractivity (Wildman–Crippen MR) is 104 cm³/mol. The molecule has 3 aromatic carbocycles. The molecule has 0 saturated heterocycles. The highest BCUT2D eigenvalue weighted by atomic mass is 32.2. The molecule has 0 aromatic heterocycles. The van der Waals surface area contributed by atoms with Crippen molar-refractivity contribution in [3.05, 3.63) is 96.1 Å². The maximum atomic E-state index is 12.7. The normalized spacial score (nSPS) is 12.1. The van der Waals surface area contributed by atoms with Gasteiger partial charge in [-0.25, -0.2) is 0 Å². The van der Waals surface area contributed by atoms with E-state index in [1.165, 1.54) is 11.8 Å². The lowest BCUT2D eigenvalue weighted by molar-refractivity contribution is 0.598. The molecule has 5 heteroatoms. The Hall–Kier alpha value is -2.37. The second-order valence-corrected chi connectivity index (χ2v) is 8.13. The van der Waals surface area contributed by atoms with Crippen molar-refractivity contribution in [3.63, 3.8) is 0 Å². The summed E-state index contributed by atoms with van der Waals surface area (Å²) in [5.74, 6) is 0. The number of hydrogen-bond acceptors (Lipinski definition) is 3. The fourth-order valence-electron chi connectivity index (χ4n) is 2.18. The zero-order valence-corrected chi connectivity index (χ0v) is 15.3. The van der Waals surface area contributed by atoms with Crippen molar-refractivity contribution in [2.75, 3.05) is 0 Å². The summed E-state index contributed by atoms with van der Waals surface area (Å²) in [5, 5.41) is 0.451. The van der Waals surface area contributed by atoms with Crippen molar-refractivity contribution in [3.8, 4) is 0 Å². The van der Waals surface area contributed by atoms with Gasteiger partial charge in [0.1, 0.15) is 5.04 Å². The second-order valence-electron chi connectivity index (χ2n) is 5.47. The molecule has 0 saturated carbocycles. The average molecular weight is 367 g/mol. The highest BCUT2D eigenvalue weighted by Gasteiger charge is 2.16. The summed E-state index contributed by atoms with van der Waals surface area (Å²) in [5.41, 5.74) is 1.77. The molecule has 0 heterocycles. The maximum Gasteiger partial charge on any atom is 0.283 e. The predicted octanol–water partition coefficient (Wildman–Crippen LogP) is 4.92. The molecule has 3 nitrogen and oxygen atoms in total. The molecule has 0 aliphatic rings. The van der Waals surface area contributed by atoms with E-state index in [1.807, 2.05) is 67.6 Å². The van der Waals surface area contributed by atoms with Gasteiger partial charge in [-0.1, -0.05) is 78.0 Å². The summed E-state index contributed by atoms with van der Waals surface area (Å²) in [6.07, 6.45) is 0. The van der Waals surface area contributed by atoms with E-state index in [4.69, 9.17) is 0 Å². The third kappa shape index (κ3) is 4.59. The van der Waals surface area contributed by atoms with Crippen LogP contribution in [0.4, 0.5) is 0 Å². The summed E-state index contributed by atoms with van der Waals surface area (Å²) in [4.78, 5) is 1.13. The zero-order valence-electron chi connectivity index (χ0n) is 13.7. The Balaban J connectivity index is 2.04. The van der Waals surface area contributed by atoms with E-state index in [0.29, 0.717) is 5.04 Å². The molecule has 3 rings (SSSR count). The van der Waals surface area contributed by atoms with Gasteiger partial charge >= 0.3 is 0 Å². The molecule has 0 unspecified atom stereocenters. The van der Waals surface area contributed by atoms with E-state index in [1.54, 1.807) is 24.3 Å². The Morgan fingerprint density at radius 3 is 1.96 bits per heavy atom. The van der Waals surface area contributed by atoms with Gasteiger partial charge in [0.15, 0.2) is 0 Å². The molecule has 0 aliphatic carbocycles. The first-order valence-electron chi connectivity index (χ1n) is 7.74. The van der Waals surface area contributed by atoms with Crippen LogP contribution in [0.25, 0.3) is 0 Å². The van der Waals surface area contributed by atoms with E-state index in [0.717, 1.165) is 16.0 Å². The van der Waals surface area contributed by atoms with Gasteiger partial charge in [0.25, 0.3) is 10.0 Å². The zero-order chi connectivity index (χ0) is 17.7. The van der Waals surface area contributed by atoms with Crippen LogP contribution in [-0.4, -0.2) is 13.5 Å². The Labute approximate surface area is 152 Å². The Morgan fingerprint density at radius 1 is 0.800 bits per heavy atom. The first-order valence-corrected chi connectivity index (χ1v) is 10.0. The first kappa shape index (κ1) is 17.5. The molecule has 0 N–H and O–H groups in total. The lowest BCUT2D eigenvalue weighted by Gasteiger charge is -2.07. The van der Waals surface area contributed by atoms with Crippen LogP contribution >= 0.6 is 11.8 Å². The summed E-state index contributed by atoms with van der Waals surface area (Å²) in [7, 11) is -3.78. The van der Waals surface area contributed by atoms with Crippen LogP contribution < -0.4 is 0 Å². The van der Waals surface area contributed by atoms with Gasteiger partial charge in [-0.05, 0) is 31.2 Å². The summed E-state index contributed by atoms with van der Waals surface area (Å²) in [6.45, 7) is 1.92. The van der Waals surface area contributed by atoms with Gasteiger partial charge in [-0.3, -0.25) is 0 Å². The van der Waals surface area contributed by atoms with Crippen LogP contribution in [0.5, 0.6) is 0 Å². The molecule has 0 spiro atoms. The summed E-state index contributed by atoms with van der Waals surface area (Å²) >= 11 is 1.34. The van der Waals surface area contributed by atoms with Crippen LogP contribution in [-0.2, 0) is 10.0 Å². The van der Waals surface area contributed by atoms with Crippen LogP contribution in [0.2, 0.25) is 0 Å². The molecule has 0 atom stereocenters. The van der Waals surface area contributed by atoms with Crippen LogP contribution in [0.1, 0.15) is 11.1 Å². The summed E-state index contributed by atoms with van der Waals surface area (Å²) in [6, 6.07) is 25.7. The highest BCUT2D eigenvalue weighted by Crippen LogP contribution is 2.26. The van der Waals surface area contributed by atoms with Crippen molar-refractivity contribution in [1.29, 1.82) is 0 Å². The van der Waals surface area contributed by atoms with Crippen LogP contribution in [0.3, 0.4) is 0 Å². The van der Waals surface area contributed by atoms with E-state index >= 15 is 0 Å². The number of hydrogen-bond donors (Lipinski definition) is 0. The third-order valence-electron chi connectivity index (χ3n) is 3.50. The Bertz CT molecular complexity index is 965. The lowest BCUT2D eigenvalue weighted by Crippen LogP contribution is -2.03. The molecule has 0 bridgehead atoms. The van der Waals surface area contributed by atoms with E-state index < -0.39 is 10.0 Å². The Morgan fingerprint density at radius 2 is 1.36 bits per heavy atom. The SMILES string of the molecule is Cc1ccc(S(=O)(=O)N=C(Sc2ccccc2)c2ccccc2)cc1. The smallest absolute Gasteiger partial charge is 0.199 e. The third-order valence-corrected chi connectivity index (χ3v) is 5.93. The van der Waals surface area contributed by atoms with Crippen molar-refractivity contribution in [2.45, 2.75) is 16.7 Å². The highest BCUT2D eigenvalue weighted by molar-refractivity contribution is 8.15. The van der Waals surface area contributed by atoms with E-state index in [2.05, 4.69) is 4.40 Å². The van der Waals surface area contributed by atoms with Gasteiger partial charge in [0.2, 0.25) is 0 Å². The fourth-order valence-corrected chi connectivity index (χ4v) is 4.31. The van der Waals surface area contributed by atoms with Crippen LogP contribution in [0.15, 0.2) is 99.1 Å². The van der Waals surface area contributed by atoms with Crippen molar-refractivity contribution < 1.29 is 8.42 Å². The van der Waals surface area contributed by atoms with Crippen LogP contribution in [0, 0.1) is 6.92 Å². The van der Waals surface area contributed by atoms with E-state index in [-0.39, 0.29) is 4.90 Å². The van der Waals surface area contributed by atoms with Crippen molar-refractivity contribution in [1.82, 2.24) is 0 Å². The summed E-state index contributed by atoms with van der Waals surface area (Å²) < 4.78 is 29.6. The van der Waals surface area contributed by atoms with Gasteiger partial charge in [0.05, 0.1) is 4.90 Å². The molecule has 0 fully saturated rings. The van der Waals surface area contributed by atoms with Gasteiger partial charge < -0.3 is 0 Å². The lowest BCUT2D eigenvalue weighted by atomic mass is 10.2.